The minimum absolute atomic E-state index is 0.0477. The van der Waals surface area contributed by atoms with E-state index in [0.717, 1.165) is 5.56 Å². The molecule has 1 atom stereocenters. The minimum Gasteiger partial charge on any atom is -0.378 e. The number of aromatic nitrogens is 2. The molecule has 2 N–H and O–H groups in total. The zero-order chi connectivity index (χ0) is 13.8. The summed E-state index contributed by atoms with van der Waals surface area (Å²) < 4.78 is 0. The lowest BCUT2D eigenvalue weighted by Gasteiger charge is -2.13. The van der Waals surface area contributed by atoms with E-state index in [1.165, 1.54) is 12.1 Å². The highest BCUT2D eigenvalue weighted by atomic mass is 16.6. The quantitative estimate of drug-likeness (QED) is 0.645. The maximum atomic E-state index is 10.9. The normalized spacial score (nSPS) is 11.6. The highest BCUT2D eigenvalue weighted by Crippen LogP contribution is 2.25. The van der Waals surface area contributed by atoms with Crippen LogP contribution < -0.4 is 5.32 Å². The molecule has 0 aliphatic rings. The van der Waals surface area contributed by atoms with Crippen molar-refractivity contribution in [1.29, 1.82) is 5.26 Å². The molecule has 0 saturated carbocycles. The number of anilines is 1. The summed E-state index contributed by atoms with van der Waals surface area (Å²) >= 11 is 0. The van der Waals surface area contributed by atoms with Crippen LogP contribution in [0.15, 0.2) is 30.6 Å². The van der Waals surface area contributed by atoms with Crippen LogP contribution in [0.25, 0.3) is 0 Å². The van der Waals surface area contributed by atoms with Crippen LogP contribution in [-0.2, 0) is 0 Å². The van der Waals surface area contributed by atoms with Crippen LogP contribution in [0.5, 0.6) is 0 Å². The van der Waals surface area contributed by atoms with Gasteiger partial charge in [0.05, 0.1) is 17.2 Å². The third-order valence-corrected chi connectivity index (χ3v) is 2.72. The van der Waals surface area contributed by atoms with Crippen molar-refractivity contribution in [2.24, 2.45) is 0 Å². The molecule has 0 bridgehead atoms. The van der Waals surface area contributed by atoms with Gasteiger partial charge in [-0.25, -0.2) is 0 Å². The molecule has 0 spiro atoms. The number of benzene rings is 1. The van der Waals surface area contributed by atoms with Gasteiger partial charge in [-0.15, -0.1) is 0 Å². The molecule has 7 nitrogen and oxygen atoms in total. The van der Waals surface area contributed by atoms with Crippen molar-refractivity contribution in [2.45, 2.75) is 13.0 Å². The largest absolute Gasteiger partial charge is 0.378 e. The maximum Gasteiger partial charge on any atom is 0.289 e. The lowest BCUT2D eigenvalue weighted by Crippen LogP contribution is -2.06. The van der Waals surface area contributed by atoms with Crippen molar-refractivity contribution in [3.8, 4) is 6.07 Å². The molecular weight excluding hydrogens is 246 g/mol. The van der Waals surface area contributed by atoms with E-state index in [4.69, 9.17) is 5.26 Å². The Morgan fingerprint density at radius 2 is 2.37 bits per heavy atom. The van der Waals surface area contributed by atoms with Crippen molar-refractivity contribution in [1.82, 2.24) is 10.2 Å². The summed E-state index contributed by atoms with van der Waals surface area (Å²) in [5.41, 5.74) is 1.37. The molecular formula is C12H11N5O2. The molecule has 2 aromatic rings. The topological polar surface area (TPSA) is 108 Å². The summed E-state index contributed by atoms with van der Waals surface area (Å²) in [7, 11) is 0. The predicted molar refractivity (Wildman–Crippen MR) is 68.4 cm³/mol. The molecule has 1 aromatic carbocycles. The molecule has 1 unspecified atom stereocenters. The number of nitrogens with zero attached hydrogens (tertiary/aromatic N) is 3. The van der Waals surface area contributed by atoms with E-state index >= 15 is 0 Å². The third-order valence-electron chi connectivity index (χ3n) is 2.72. The fourth-order valence-electron chi connectivity index (χ4n) is 1.70. The first-order valence-corrected chi connectivity index (χ1v) is 5.55. The Kier molecular flexibility index (Phi) is 3.43. The Labute approximate surface area is 109 Å². The molecule has 0 amide bonds. The Morgan fingerprint density at radius 3 is 2.95 bits per heavy atom. The van der Waals surface area contributed by atoms with Crippen LogP contribution in [0.3, 0.4) is 0 Å². The third kappa shape index (κ3) is 2.69. The van der Waals surface area contributed by atoms with Crippen LogP contribution in [0.1, 0.15) is 24.1 Å². The van der Waals surface area contributed by atoms with Gasteiger partial charge in [0.1, 0.15) is 11.6 Å². The SMILES string of the molecule is CC(Nc1ccc(C#N)c([N+](=O)[O-])c1)c1cn[nH]c1. The second-order valence-corrected chi connectivity index (χ2v) is 4.00. The molecule has 0 radical (unpaired) electrons. The number of hydrogen-bond donors (Lipinski definition) is 2. The van der Waals surface area contributed by atoms with Crippen molar-refractivity contribution in [3.63, 3.8) is 0 Å². The summed E-state index contributed by atoms with van der Waals surface area (Å²) in [5, 5.41) is 29.3. The summed E-state index contributed by atoms with van der Waals surface area (Å²) in [4.78, 5) is 10.3. The Morgan fingerprint density at radius 1 is 1.58 bits per heavy atom. The average molecular weight is 257 g/mol. The zero-order valence-corrected chi connectivity index (χ0v) is 10.1. The minimum atomic E-state index is -0.563. The fraction of sp³-hybridized carbons (Fsp3) is 0.167. The number of rotatable bonds is 4. The maximum absolute atomic E-state index is 10.9. The van der Waals surface area contributed by atoms with E-state index in [0.29, 0.717) is 5.69 Å². The molecule has 96 valence electrons. The molecule has 0 fully saturated rings. The zero-order valence-electron chi connectivity index (χ0n) is 10.1. The van der Waals surface area contributed by atoms with E-state index in [1.54, 1.807) is 24.5 Å². The second kappa shape index (κ2) is 5.18. The van der Waals surface area contributed by atoms with E-state index in [1.807, 2.05) is 6.92 Å². The first-order valence-electron chi connectivity index (χ1n) is 5.55. The van der Waals surface area contributed by atoms with Gasteiger partial charge in [-0.1, -0.05) is 0 Å². The number of hydrogen-bond acceptors (Lipinski definition) is 5. The lowest BCUT2D eigenvalue weighted by molar-refractivity contribution is -0.385. The Bertz CT molecular complexity index is 630. The number of nitro groups is 1. The molecule has 19 heavy (non-hydrogen) atoms. The van der Waals surface area contributed by atoms with Crippen LogP contribution in [0.2, 0.25) is 0 Å². The van der Waals surface area contributed by atoms with Crippen molar-refractivity contribution in [2.75, 3.05) is 5.32 Å². The smallest absolute Gasteiger partial charge is 0.289 e. The van der Waals surface area contributed by atoms with Gasteiger partial charge in [-0.2, -0.15) is 10.4 Å². The predicted octanol–water partition coefficient (Wildman–Crippen LogP) is 2.36. The van der Waals surface area contributed by atoms with Crippen molar-refractivity contribution in [3.05, 3.63) is 51.8 Å². The van der Waals surface area contributed by atoms with Crippen LogP contribution >= 0.6 is 0 Å². The van der Waals surface area contributed by atoms with Gasteiger partial charge in [0.25, 0.3) is 5.69 Å². The van der Waals surface area contributed by atoms with Gasteiger partial charge in [-0.3, -0.25) is 15.2 Å². The summed E-state index contributed by atoms with van der Waals surface area (Å²) in [6.07, 6.45) is 3.42. The van der Waals surface area contributed by atoms with Gasteiger partial charge in [0, 0.05) is 23.5 Å². The second-order valence-electron chi connectivity index (χ2n) is 4.00. The Balaban J connectivity index is 2.25. The monoisotopic (exact) mass is 257 g/mol. The molecule has 0 saturated heterocycles. The van der Waals surface area contributed by atoms with E-state index in [2.05, 4.69) is 15.5 Å². The van der Waals surface area contributed by atoms with Crippen LogP contribution in [0.4, 0.5) is 11.4 Å². The highest BCUT2D eigenvalue weighted by Gasteiger charge is 2.15. The first-order chi connectivity index (χ1) is 9.11. The fourth-order valence-corrected chi connectivity index (χ4v) is 1.70. The molecule has 0 aliphatic heterocycles. The summed E-state index contributed by atoms with van der Waals surface area (Å²) in [5.74, 6) is 0. The lowest BCUT2D eigenvalue weighted by atomic mass is 10.1. The van der Waals surface area contributed by atoms with Gasteiger partial charge in [-0.05, 0) is 19.1 Å². The molecule has 7 heteroatoms. The number of nitriles is 1. The number of nitrogens with one attached hydrogen (secondary N) is 2. The molecule has 1 heterocycles. The molecule has 1 aromatic heterocycles. The average Bonchev–Trinajstić information content (AvgIpc) is 2.92. The Hall–Kier alpha value is -2.88. The van der Waals surface area contributed by atoms with E-state index < -0.39 is 4.92 Å². The first kappa shape index (κ1) is 12.6. The number of H-pyrrole nitrogens is 1. The van der Waals surface area contributed by atoms with Crippen molar-refractivity contribution < 1.29 is 4.92 Å². The summed E-state index contributed by atoms with van der Waals surface area (Å²) in [6, 6.07) is 6.18. The van der Waals surface area contributed by atoms with Crippen molar-refractivity contribution >= 4 is 11.4 Å². The van der Waals surface area contributed by atoms with Gasteiger partial charge in [0.2, 0.25) is 0 Å². The van der Waals surface area contributed by atoms with Gasteiger partial charge >= 0.3 is 0 Å². The number of aromatic amines is 1. The van der Waals surface area contributed by atoms with E-state index in [9.17, 15) is 10.1 Å². The van der Waals surface area contributed by atoms with Crippen LogP contribution in [-0.4, -0.2) is 15.1 Å². The van der Waals surface area contributed by atoms with E-state index in [-0.39, 0.29) is 17.3 Å². The number of nitro benzene ring substituents is 1. The molecule has 0 aliphatic carbocycles. The highest BCUT2D eigenvalue weighted by molar-refractivity contribution is 5.59. The van der Waals surface area contributed by atoms with Gasteiger partial charge in [0.15, 0.2) is 0 Å². The molecule has 2 rings (SSSR count). The summed E-state index contributed by atoms with van der Waals surface area (Å²) in [6.45, 7) is 1.91. The van der Waals surface area contributed by atoms with Gasteiger partial charge < -0.3 is 5.32 Å². The standard InChI is InChI=1S/C12H11N5O2/c1-8(10-6-14-15-7-10)16-11-3-2-9(5-13)12(4-11)17(18)19/h2-4,6-8,16H,1H3,(H,14,15). The van der Waals surface area contributed by atoms with Crippen LogP contribution in [0, 0.1) is 21.4 Å².